The van der Waals surface area contributed by atoms with Gasteiger partial charge in [-0.05, 0) is 12.8 Å². The number of anilines is 1. The lowest BCUT2D eigenvalue weighted by molar-refractivity contribution is -0.137. The molecule has 4 atom stereocenters. The summed E-state index contributed by atoms with van der Waals surface area (Å²) < 4.78 is 7.16. The molecule has 0 saturated carbocycles. The molecule has 10 nitrogen and oxygen atoms in total. The number of nitrogens with zero attached hydrogens (tertiary/aromatic N) is 4. The van der Waals surface area contributed by atoms with E-state index in [0.717, 1.165) is 12.8 Å². The van der Waals surface area contributed by atoms with Crippen LogP contribution in [0.5, 0.6) is 0 Å². The Morgan fingerprint density at radius 3 is 2.75 bits per heavy atom. The third kappa shape index (κ3) is 3.71. The summed E-state index contributed by atoms with van der Waals surface area (Å²) >= 11 is 0. The van der Waals surface area contributed by atoms with Gasteiger partial charge in [0.15, 0.2) is 29.3 Å². The number of fused-ring (bicyclic) bond motifs is 1. The molecular formula is C18H26N6O4. The van der Waals surface area contributed by atoms with Gasteiger partial charge in [0.2, 0.25) is 0 Å². The van der Waals surface area contributed by atoms with Crippen LogP contribution in [0.3, 0.4) is 0 Å². The summed E-state index contributed by atoms with van der Waals surface area (Å²) in [5.41, 5.74) is 0.964. The van der Waals surface area contributed by atoms with Crippen LogP contribution in [-0.4, -0.2) is 66.5 Å². The Kier molecular flexibility index (Phi) is 6.22. The largest absolute Gasteiger partial charge is 0.387 e. The Bertz CT molecular complexity index is 837. The van der Waals surface area contributed by atoms with Gasteiger partial charge in [-0.25, -0.2) is 15.0 Å². The first-order chi connectivity index (χ1) is 13.5. The molecule has 152 valence electrons. The van der Waals surface area contributed by atoms with Crippen molar-refractivity contribution in [2.24, 2.45) is 0 Å². The van der Waals surface area contributed by atoms with Gasteiger partial charge in [0.1, 0.15) is 18.5 Å². The maximum atomic E-state index is 12.2. The number of hydrogen-bond acceptors (Lipinski definition) is 8. The smallest absolute Gasteiger partial charge is 0.252 e. The first kappa shape index (κ1) is 20.2. The molecule has 4 N–H and O–H groups in total. The SMILES string of the molecule is C=CCNC(=O)[C@H]1OC(n2cnc3c(NC(CC)CC)ncnc32)[C@H](O)[C@@H]1O. The van der Waals surface area contributed by atoms with Crippen molar-refractivity contribution >= 4 is 22.9 Å². The Morgan fingerprint density at radius 2 is 2.07 bits per heavy atom. The monoisotopic (exact) mass is 390 g/mol. The zero-order valence-corrected chi connectivity index (χ0v) is 15.9. The number of nitrogens with one attached hydrogen (secondary N) is 2. The Balaban J connectivity index is 1.87. The number of ether oxygens (including phenoxy) is 1. The molecule has 1 unspecified atom stereocenters. The lowest BCUT2D eigenvalue weighted by Crippen LogP contribution is -2.42. The number of aromatic nitrogens is 4. The van der Waals surface area contributed by atoms with E-state index in [0.29, 0.717) is 17.0 Å². The van der Waals surface area contributed by atoms with Gasteiger partial charge >= 0.3 is 0 Å². The maximum Gasteiger partial charge on any atom is 0.252 e. The Labute approximate surface area is 162 Å². The minimum Gasteiger partial charge on any atom is -0.387 e. The Morgan fingerprint density at radius 1 is 1.32 bits per heavy atom. The van der Waals surface area contributed by atoms with Crippen molar-refractivity contribution in [3.63, 3.8) is 0 Å². The van der Waals surface area contributed by atoms with E-state index in [1.807, 2.05) is 0 Å². The molecular weight excluding hydrogens is 364 g/mol. The summed E-state index contributed by atoms with van der Waals surface area (Å²) in [5, 5.41) is 26.6. The standard InChI is InChI=1S/C18H26N6O4/c1-4-7-19-17(27)14-12(25)13(26)18(28-14)24-9-22-11-15(20-8-21-16(11)24)23-10(5-2)6-3/h4,8-10,12-14,18,25-26H,1,5-7H2,2-3H3,(H,19,27)(H,20,21,23)/t12-,13+,14-,18?/m0/s1. The third-order valence-corrected chi connectivity index (χ3v) is 4.88. The zero-order valence-electron chi connectivity index (χ0n) is 15.9. The molecule has 0 aromatic carbocycles. The van der Waals surface area contributed by atoms with Gasteiger partial charge in [-0.15, -0.1) is 6.58 Å². The summed E-state index contributed by atoms with van der Waals surface area (Å²) in [7, 11) is 0. The highest BCUT2D eigenvalue weighted by Gasteiger charge is 2.47. The van der Waals surface area contributed by atoms with Crippen LogP contribution in [-0.2, 0) is 9.53 Å². The summed E-state index contributed by atoms with van der Waals surface area (Å²) in [4.78, 5) is 25.0. The predicted molar refractivity (Wildman–Crippen MR) is 102 cm³/mol. The van der Waals surface area contributed by atoms with E-state index in [1.165, 1.54) is 23.3 Å². The van der Waals surface area contributed by atoms with E-state index < -0.39 is 30.4 Å². The molecule has 1 amide bonds. The van der Waals surface area contributed by atoms with Gasteiger partial charge in [-0.3, -0.25) is 9.36 Å². The second-order valence-corrected chi connectivity index (χ2v) is 6.67. The van der Waals surface area contributed by atoms with E-state index in [2.05, 4.69) is 46.0 Å². The molecule has 28 heavy (non-hydrogen) atoms. The molecule has 2 aromatic heterocycles. The molecule has 0 spiro atoms. The van der Waals surface area contributed by atoms with Crippen LogP contribution in [0.15, 0.2) is 25.3 Å². The second-order valence-electron chi connectivity index (χ2n) is 6.67. The zero-order chi connectivity index (χ0) is 20.3. The van der Waals surface area contributed by atoms with Crippen molar-refractivity contribution in [2.45, 2.75) is 57.3 Å². The number of imidazole rings is 1. The molecule has 1 fully saturated rings. The molecule has 3 heterocycles. The quantitative estimate of drug-likeness (QED) is 0.474. The molecule has 0 radical (unpaired) electrons. The van der Waals surface area contributed by atoms with Crippen LogP contribution in [0, 0.1) is 0 Å². The van der Waals surface area contributed by atoms with Crippen molar-refractivity contribution in [1.82, 2.24) is 24.8 Å². The van der Waals surface area contributed by atoms with Gasteiger partial charge in [0, 0.05) is 12.6 Å². The number of aliphatic hydroxyl groups excluding tert-OH is 2. The van der Waals surface area contributed by atoms with Gasteiger partial charge in [0.25, 0.3) is 5.91 Å². The van der Waals surface area contributed by atoms with E-state index >= 15 is 0 Å². The number of carbonyl (C=O) groups excluding carboxylic acids is 1. The number of rotatable bonds is 8. The van der Waals surface area contributed by atoms with Crippen molar-refractivity contribution in [3.8, 4) is 0 Å². The molecule has 2 aromatic rings. The summed E-state index contributed by atoms with van der Waals surface area (Å²) in [6.45, 7) is 7.92. The second kappa shape index (κ2) is 8.63. The molecule has 1 aliphatic rings. The first-order valence-electron chi connectivity index (χ1n) is 9.36. The number of carbonyl (C=O) groups is 1. The molecule has 0 aliphatic carbocycles. The fraction of sp³-hybridized carbons (Fsp3) is 0.556. The lowest BCUT2D eigenvalue weighted by Gasteiger charge is -2.17. The van der Waals surface area contributed by atoms with Crippen molar-refractivity contribution < 1.29 is 19.7 Å². The number of hydrogen-bond donors (Lipinski definition) is 4. The summed E-state index contributed by atoms with van der Waals surface area (Å²) in [5.74, 6) is 0.0647. The average Bonchev–Trinajstić information content (AvgIpc) is 3.26. The minimum atomic E-state index is -1.38. The first-order valence-corrected chi connectivity index (χ1v) is 9.36. The maximum absolute atomic E-state index is 12.2. The average molecular weight is 390 g/mol. The Hall–Kier alpha value is -2.56. The van der Waals surface area contributed by atoms with Crippen molar-refractivity contribution in [2.75, 3.05) is 11.9 Å². The molecule has 1 aliphatic heterocycles. The van der Waals surface area contributed by atoms with Gasteiger partial charge in [0.05, 0.1) is 6.33 Å². The lowest BCUT2D eigenvalue weighted by atomic mass is 10.1. The van der Waals surface area contributed by atoms with Crippen LogP contribution in [0.25, 0.3) is 11.2 Å². The highest BCUT2D eigenvalue weighted by atomic mass is 16.6. The van der Waals surface area contributed by atoms with Gasteiger partial charge < -0.3 is 25.6 Å². The minimum absolute atomic E-state index is 0.235. The summed E-state index contributed by atoms with van der Waals surface area (Å²) in [6.07, 6.45) is 1.33. The predicted octanol–water partition coefficient (Wildman–Crippen LogP) is 0.348. The fourth-order valence-electron chi connectivity index (χ4n) is 3.21. The van der Waals surface area contributed by atoms with Crippen molar-refractivity contribution in [3.05, 3.63) is 25.3 Å². The molecule has 10 heteroatoms. The normalized spacial score (nSPS) is 24.6. The van der Waals surface area contributed by atoms with Gasteiger partial charge in [-0.2, -0.15) is 0 Å². The van der Waals surface area contributed by atoms with Crippen LogP contribution >= 0.6 is 0 Å². The van der Waals surface area contributed by atoms with Crippen molar-refractivity contribution in [1.29, 1.82) is 0 Å². The van der Waals surface area contributed by atoms with Crippen LogP contribution in [0.4, 0.5) is 5.82 Å². The molecule has 0 bridgehead atoms. The molecule has 3 rings (SSSR count). The van der Waals surface area contributed by atoms with E-state index in [4.69, 9.17) is 4.74 Å². The number of aliphatic hydroxyl groups is 2. The fourth-order valence-corrected chi connectivity index (χ4v) is 3.21. The van der Waals surface area contributed by atoms with Crippen LogP contribution in [0.1, 0.15) is 32.9 Å². The van der Waals surface area contributed by atoms with Gasteiger partial charge in [-0.1, -0.05) is 19.9 Å². The third-order valence-electron chi connectivity index (χ3n) is 4.88. The van der Waals surface area contributed by atoms with Crippen LogP contribution < -0.4 is 10.6 Å². The van der Waals surface area contributed by atoms with E-state index in [1.54, 1.807) is 0 Å². The topological polar surface area (TPSA) is 134 Å². The highest BCUT2D eigenvalue weighted by Crippen LogP contribution is 2.32. The highest BCUT2D eigenvalue weighted by molar-refractivity contribution is 5.83. The van der Waals surface area contributed by atoms with E-state index in [9.17, 15) is 15.0 Å². The summed E-state index contributed by atoms with van der Waals surface area (Å²) in [6, 6.07) is 0.247. The van der Waals surface area contributed by atoms with Crippen LogP contribution in [0.2, 0.25) is 0 Å². The number of amides is 1. The molecule has 1 saturated heterocycles. The van der Waals surface area contributed by atoms with E-state index in [-0.39, 0.29) is 12.6 Å².